The van der Waals surface area contributed by atoms with Gasteiger partial charge in [0.05, 0.1) is 17.8 Å². The van der Waals surface area contributed by atoms with Crippen LogP contribution in [0.2, 0.25) is 0 Å². The predicted molar refractivity (Wildman–Crippen MR) is 107 cm³/mol. The first-order valence-corrected chi connectivity index (χ1v) is 9.02. The second kappa shape index (κ2) is 8.00. The quantitative estimate of drug-likeness (QED) is 0.496. The van der Waals surface area contributed by atoms with E-state index in [1.807, 2.05) is 49.4 Å². The molecule has 0 bridgehead atoms. The third-order valence-corrected chi connectivity index (χ3v) is 4.45. The molecule has 1 amide bonds. The predicted octanol–water partition coefficient (Wildman–Crippen LogP) is 4.62. The molecular weight excluding hydrogens is 322 g/mol. The van der Waals surface area contributed by atoms with Crippen LogP contribution in [0.25, 0.3) is 10.9 Å². The topological polar surface area (TPSA) is 57.2 Å². The van der Waals surface area contributed by atoms with Crippen LogP contribution in [0.15, 0.2) is 59.7 Å². The molecule has 3 aromatic rings. The van der Waals surface area contributed by atoms with Crippen molar-refractivity contribution in [2.24, 2.45) is 11.0 Å². The van der Waals surface area contributed by atoms with Gasteiger partial charge in [0.1, 0.15) is 0 Å². The molecule has 0 aliphatic carbocycles. The summed E-state index contributed by atoms with van der Waals surface area (Å²) >= 11 is 0. The summed E-state index contributed by atoms with van der Waals surface area (Å²) in [5.74, 6) is 0.262. The van der Waals surface area contributed by atoms with Crippen molar-refractivity contribution in [1.82, 2.24) is 10.4 Å². The summed E-state index contributed by atoms with van der Waals surface area (Å²) in [7, 11) is 0. The summed E-state index contributed by atoms with van der Waals surface area (Å²) in [4.78, 5) is 15.6. The van der Waals surface area contributed by atoms with Crippen molar-refractivity contribution in [2.45, 2.75) is 33.1 Å². The normalized spacial score (nSPS) is 12.8. The highest BCUT2D eigenvalue weighted by atomic mass is 16.2. The summed E-state index contributed by atoms with van der Waals surface area (Å²) in [6.45, 7) is 6.30. The summed E-state index contributed by atoms with van der Waals surface area (Å²) in [6.07, 6.45) is 2.69. The number of nitrogens with one attached hydrogen (secondary N) is 2. The van der Waals surface area contributed by atoms with Gasteiger partial charge in [0.2, 0.25) is 5.91 Å². The number of rotatable bonds is 6. The molecule has 2 N–H and O–H groups in total. The number of para-hydroxylation sites is 1. The van der Waals surface area contributed by atoms with E-state index in [0.717, 1.165) is 28.6 Å². The van der Waals surface area contributed by atoms with Crippen LogP contribution >= 0.6 is 0 Å². The van der Waals surface area contributed by atoms with Crippen molar-refractivity contribution < 1.29 is 4.79 Å². The minimum Gasteiger partial charge on any atom is -0.354 e. The third-order valence-electron chi connectivity index (χ3n) is 4.45. The maximum absolute atomic E-state index is 12.3. The zero-order chi connectivity index (χ0) is 18.5. The largest absolute Gasteiger partial charge is 0.354 e. The number of benzene rings is 2. The number of carbonyl (C=O) groups excluding carboxylic acids is 1. The fourth-order valence-electron chi connectivity index (χ4n) is 2.99. The van der Waals surface area contributed by atoms with Gasteiger partial charge in [0, 0.05) is 10.9 Å². The zero-order valence-corrected chi connectivity index (χ0v) is 15.5. The van der Waals surface area contributed by atoms with Crippen molar-refractivity contribution in [2.75, 3.05) is 0 Å². The highest BCUT2D eigenvalue weighted by Crippen LogP contribution is 2.18. The molecule has 0 aliphatic rings. The Labute approximate surface area is 154 Å². The van der Waals surface area contributed by atoms with E-state index < -0.39 is 0 Å². The Morgan fingerprint density at radius 3 is 2.54 bits per heavy atom. The average molecular weight is 347 g/mol. The second-order valence-corrected chi connectivity index (χ2v) is 7.11. The van der Waals surface area contributed by atoms with Gasteiger partial charge in [0.15, 0.2) is 0 Å². The van der Waals surface area contributed by atoms with E-state index in [9.17, 15) is 4.79 Å². The Morgan fingerprint density at radius 2 is 1.85 bits per heavy atom. The molecule has 0 spiro atoms. The Kier molecular flexibility index (Phi) is 5.52. The van der Waals surface area contributed by atoms with Gasteiger partial charge in [-0.2, -0.15) is 5.10 Å². The molecule has 0 saturated heterocycles. The molecule has 4 nitrogen and oxygen atoms in total. The SMILES string of the molecule is CC(C)Cc1ccc(C(C)C(=O)N/N=C\c2cc3ccccc3[nH]2)cc1. The van der Waals surface area contributed by atoms with Gasteiger partial charge in [-0.3, -0.25) is 4.79 Å². The Bertz CT molecular complexity index is 874. The number of nitrogens with zero attached hydrogens (tertiary/aromatic N) is 1. The number of H-pyrrole nitrogens is 1. The van der Waals surface area contributed by atoms with Crippen molar-refractivity contribution in [3.05, 3.63) is 71.4 Å². The van der Waals surface area contributed by atoms with Gasteiger partial charge >= 0.3 is 0 Å². The molecule has 4 heteroatoms. The van der Waals surface area contributed by atoms with Gasteiger partial charge in [-0.05, 0) is 42.5 Å². The molecule has 0 radical (unpaired) electrons. The van der Waals surface area contributed by atoms with Crippen LogP contribution in [0.4, 0.5) is 0 Å². The molecule has 0 aliphatic heterocycles. The Hall–Kier alpha value is -2.88. The summed E-state index contributed by atoms with van der Waals surface area (Å²) in [5, 5.41) is 5.20. The summed E-state index contributed by atoms with van der Waals surface area (Å²) < 4.78 is 0. The lowest BCUT2D eigenvalue weighted by Crippen LogP contribution is -2.23. The number of amides is 1. The lowest BCUT2D eigenvalue weighted by Gasteiger charge is -2.11. The third kappa shape index (κ3) is 4.39. The highest BCUT2D eigenvalue weighted by molar-refractivity contribution is 5.90. The van der Waals surface area contributed by atoms with Gasteiger partial charge in [0.25, 0.3) is 0 Å². The molecule has 134 valence electrons. The van der Waals surface area contributed by atoms with Crippen molar-refractivity contribution in [3.8, 4) is 0 Å². The standard InChI is InChI=1S/C22H25N3O/c1-15(2)12-17-8-10-18(11-9-17)16(3)22(26)25-23-14-20-13-19-6-4-5-7-21(19)24-20/h4-11,13-16,24H,12H2,1-3H3,(H,25,26)/b23-14-. The first-order valence-electron chi connectivity index (χ1n) is 9.02. The maximum atomic E-state index is 12.3. The number of hydrogen-bond donors (Lipinski definition) is 2. The highest BCUT2D eigenvalue weighted by Gasteiger charge is 2.14. The summed E-state index contributed by atoms with van der Waals surface area (Å²) in [6, 6.07) is 18.3. The van der Waals surface area contributed by atoms with Crippen LogP contribution in [0.5, 0.6) is 0 Å². The molecule has 1 heterocycles. The minimum atomic E-state index is -0.247. The molecule has 0 saturated carbocycles. The van der Waals surface area contributed by atoms with Crippen molar-refractivity contribution >= 4 is 23.0 Å². The van der Waals surface area contributed by atoms with Crippen LogP contribution in [0.3, 0.4) is 0 Å². The van der Waals surface area contributed by atoms with E-state index in [-0.39, 0.29) is 11.8 Å². The molecular formula is C22H25N3O. The first kappa shape index (κ1) is 17.9. The van der Waals surface area contributed by atoms with Gasteiger partial charge in [-0.15, -0.1) is 0 Å². The van der Waals surface area contributed by atoms with E-state index in [4.69, 9.17) is 0 Å². The summed E-state index contributed by atoms with van der Waals surface area (Å²) in [5.41, 5.74) is 6.84. The second-order valence-electron chi connectivity index (χ2n) is 7.11. The lowest BCUT2D eigenvalue weighted by atomic mass is 9.96. The van der Waals surface area contributed by atoms with Crippen LogP contribution in [-0.4, -0.2) is 17.1 Å². The van der Waals surface area contributed by atoms with Gasteiger partial charge in [-0.25, -0.2) is 5.43 Å². The fourth-order valence-corrected chi connectivity index (χ4v) is 2.99. The van der Waals surface area contributed by atoms with E-state index in [1.165, 1.54) is 5.56 Å². The number of hydrogen-bond acceptors (Lipinski definition) is 2. The molecule has 1 unspecified atom stereocenters. The van der Waals surface area contributed by atoms with E-state index in [1.54, 1.807) is 6.21 Å². The Morgan fingerprint density at radius 1 is 1.12 bits per heavy atom. The van der Waals surface area contributed by atoms with Crippen LogP contribution in [0.1, 0.15) is 43.5 Å². The zero-order valence-electron chi connectivity index (χ0n) is 15.5. The van der Waals surface area contributed by atoms with Crippen LogP contribution < -0.4 is 5.43 Å². The maximum Gasteiger partial charge on any atom is 0.247 e. The smallest absolute Gasteiger partial charge is 0.247 e. The van der Waals surface area contributed by atoms with E-state index >= 15 is 0 Å². The van der Waals surface area contributed by atoms with Crippen molar-refractivity contribution in [1.29, 1.82) is 0 Å². The molecule has 1 atom stereocenters. The Balaban J connectivity index is 1.60. The van der Waals surface area contributed by atoms with Gasteiger partial charge in [-0.1, -0.05) is 56.3 Å². The van der Waals surface area contributed by atoms with Gasteiger partial charge < -0.3 is 4.98 Å². The number of hydrazone groups is 1. The van der Waals surface area contributed by atoms with Crippen LogP contribution in [-0.2, 0) is 11.2 Å². The number of aromatic nitrogens is 1. The first-order chi connectivity index (χ1) is 12.5. The van der Waals surface area contributed by atoms with Crippen LogP contribution in [0, 0.1) is 5.92 Å². The minimum absolute atomic E-state index is 0.117. The molecule has 0 fully saturated rings. The molecule has 26 heavy (non-hydrogen) atoms. The molecule has 2 aromatic carbocycles. The molecule has 1 aromatic heterocycles. The van der Waals surface area contributed by atoms with E-state index in [2.05, 4.69) is 41.5 Å². The monoisotopic (exact) mass is 347 g/mol. The fraction of sp³-hybridized carbons (Fsp3) is 0.273. The lowest BCUT2D eigenvalue weighted by molar-refractivity contribution is -0.122. The number of carbonyl (C=O) groups is 1. The average Bonchev–Trinajstić information content (AvgIpc) is 3.04. The molecule has 3 rings (SSSR count). The van der Waals surface area contributed by atoms with E-state index in [0.29, 0.717) is 5.92 Å². The van der Waals surface area contributed by atoms with Crippen molar-refractivity contribution in [3.63, 3.8) is 0 Å². The number of aromatic amines is 1. The number of fused-ring (bicyclic) bond motifs is 1.